The molecule has 2 atom stereocenters. The van der Waals surface area contributed by atoms with E-state index in [1.165, 1.54) is 12.2 Å². The molecule has 0 fully saturated rings. The van der Waals surface area contributed by atoms with Gasteiger partial charge in [-0.25, -0.2) is 0 Å². The van der Waals surface area contributed by atoms with Gasteiger partial charge in [0, 0.05) is 11.3 Å². The van der Waals surface area contributed by atoms with E-state index in [9.17, 15) is 32.7 Å². The zero-order valence-corrected chi connectivity index (χ0v) is 16.4. The first kappa shape index (κ1) is 22.3. The molecule has 3 rings (SSSR count). The van der Waals surface area contributed by atoms with Crippen LogP contribution in [-0.2, 0) is 14.4 Å². The van der Waals surface area contributed by atoms with Gasteiger partial charge in [-0.15, -0.1) is 0 Å². The minimum atomic E-state index is -4.72. The van der Waals surface area contributed by atoms with E-state index in [2.05, 4.69) is 10.6 Å². The van der Waals surface area contributed by atoms with Crippen molar-refractivity contribution < 1.29 is 32.7 Å². The quantitative estimate of drug-likeness (QED) is 0.541. The van der Waals surface area contributed by atoms with Crippen LogP contribution >= 0.6 is 0 Å². The molecule has 31 heavy (non-hydrogen) atoms. The summed E-state index contributed by atoms with van der Waals surface area (Å²) in [6.07, 6.45) is -5.22. The van der Waals surface area contributed by atoms with E-state index in [0.29, 0.717) is 22.4 Å². The van der Waals surface area contributed by atoms with E-state index in [0.717, 1.165) is 0 Å². The number of halogens is 3. The van der Waals surface area contributed by atoms with Crippen molar-refractivity contribution in [3.05, 3.63) is 54.1 Å². The van der Waals surface area contributed by atoms with E-state index in [1.807, 2.05) is 0 Å². The SMILES string of the molecule is CCC(O)(C(=O)NCC(F)(F)F)C(=O)N[C@@H]1C(=O)Nc2ccccc2-c2ccccc21. The number of benzene rings is 2. The van der Waals surface area contributed by atoms with Gasteiger partial charge >= 0.3 is 6.18 Å². The van der Waals surface area contributed by atoms with Crippen molar-refractivity contribution in [2.45, 2.75) is 31.2 Å². The molecule has 1 aliphatic heterocycles. The fourth-order valence-corrected chi connectivity index (χ4v) is 3.31. The van der Waals surface area contributed by atoms with Crippen molar-refractivity contribution in [3.63, 3.8) is 0 Å². The molecule has 0 aliphatic carbocycles. The second-order valence-electron chi connectivity index (χ2n) is 7.04. The maximum absolute atomic E-state index is 12.9. The average Bonchev–Trinajstić information content (AvgIpc) is 2.85. The van der Waals surface area contributed by atoms with Gasteiger partial charge < -0.3 is 21.1 Å². The highest BCUT2D eigenvalue weighted by Crippen LogP contribution is 2.37. The Morgan fingerprint density at radius 1 is 1.03 bits per heavy atom. The van der Waals surface area contributed by atoms with Gasteiger partial charge in [0.25, 0.3) is 17.7 Å². The van der Waals surface area contributed by atoms with Gasteiger partial charge in [-0.2, -0.15) is 13.2 Å². The van der Waals surface area contributed by atoms with Gasteiger partial charge in [-0.1, -0.05) is 49.4 Å². The molecule has 0 bridgehead atoms. The summed E-state index contributed by atoms with van der Waals surface area (Å²) in [6.45, 7) is -0.437. The Hall–Kier alpha value is -3.40. The fraction of sp³-hybridized carbons (Fsp3) is 0.286. The largest absolute Gasteiger partial charge is 0.405 e. The predicted octanol–water partition coefficient (Wildman–Crippen LogP) is 2.28. The van der Waals surface area contributed by atoms with Crippen molar-refractivity contribution in [2.75, 3.05) is 11.9 Å². The second-order valence-corrected chi connectivity index (χ2v) is 7.04. The number of hydrogen-bond donors (Lipinski definition) is 4. The zero-order chi connectivity index (χ0) is 22.8. The average molecular weight is 435 g/mol. The number of aliphatic hydroxyl groups is 1. The van der Waals surface area contributed by atoms with Gasteiger partial charge in [0.05, 0.1) is 0 Å². The number of carbonyl (C=O) groups is 3. The highest BCUT2D eigenvalue weighted by molar-refractivity contribution is 6.11. The Balaban J connectivity index is 1.91. The minimum absolute atomic E-state index is 0.410. The summed E-state index contributed by atoms with van der Waals surface area (Å²) in [5.74, 6) is -3.41. The standard InChI is InChI=1S/C21H20F3N3O4/c1-2-20(31,18(29)25-11-21(22,23)24)19(30)27-16-14-9-4-3-7-12(14)13-8-5-6-10-15(13)26-17(16)28/h3-10,16,31H,2,11H2,1H3,(H,25,29)(H,26,28)(H,27,30)/t16-,20?/m0/s1. The number of fused-ring (bicyclic) bond motifs is 3. The van der Waals surface area contributed by atoms with Gasteiger partial charge in [-0.3, -0.25) is 14.4 Å². The first-order valence-electron chi connectivity index (χ1n) is 9.44. The third-order valence-corrected chi connectivity index (χ3v) is 5.00. The van der Waals surface area contributed by atoms with Crippen molar-refractivity contribution >= 4 is 23.4 Å². The normalized spacial score (nSPS) is 17.3. The summed E-state index contributed by atoms with van der Waals surface area (Å²) in [5, 5.41) is 17.1. The Kier molecular flexibility index (Phi) is 6.03. The Morgan fingerprint density at radius 3 is 2.29 bits per heavy atom. The van der Waals surface area contributed by atoms with E-state index in [4.69, 9.17) is 0 Å². The Bertz CT molecular complexity index is 1020. The summed E-state index contributed by atoms with van der Waals surface area (Å²) in [5.41, 5.74) is -0.530. The lowest BCUT2D eigenvalue weighted by atomic mass is 9.93. The summed E-state index contributed by atoms with van der Waals surface area (Å²) in [4.78, 5) is 37.8. The monoisotopic (exact) mass is 435 g/mol. The second kappa shape index (κ2) is 8.38. The summed E-state index contributed by atoms with van der Waals surface area (Å²) < 4.78 is 37.3. The van der Waals surface area contributed by atoms with Crippen LogP contribution in [0.2, 0.25) is 0 Å². The van der Waals surface area contributed by atoms with E-state index in [1.54, 1.807) is 48.5 Å². The van der Waals surface area contributed by atoms with Crippen LogP contribution in [0.5, 0.6) is 0 Å². The number of rotatable bonds is 5. The number of anilines is 1. The van der Waals surface area contributed by atoms with E-state index in [-0.39, 0.29) is 0 Å². The molecule has 0 saturated carbocycles. The van der Waals surface area contributed by atoms with E-state index >= 15 is 0 Å². The van der Waals surface area contributed by atoms with Crippen LogP contribution < -0.4 is 16.0 Å². The molecule has 0 spiro atoms. The fourth-order valence-electron chi connectivity index (χ4n) is 3.31. The molecular weight excluding hydrogens is 415 g/mol. The van der Waals surface area contributed by atoms with Crippen LogP contribution in [0.25, 0.3) is 11.1 Å². The van der Waals surface area contributed by atoms with Crippen LogP contribution in [-0.4, -0.2) is 41.2 Å². The Labute approximate surface area is 175 Å². The number of hydrogen-bond acceptors (Lipinski definition) is 4. The van der Waals surface area contributed by atoms with Gasteiger partial charge in [-0.05, 0) is 23.6 Å². The highest BCUT2D eigenvalue weighted by Gasteiger charge is 2.45. The summed E-state index contributed by atoms with van der Waals surface area (Å²) >= 11 is 0. The van der Waals surface area contributed by atoms with Crippen LogP contribution in [0.1, 0.15) is 24.9 Å². The number of para-hydroxylation sites is 1. The molecule has 1 aliphatic rings. The van der Waals surface area contributed by atoms with Crippen molar-refractivity contribution in [3.8, 4) is 11.1 Å². The zero-order valence-electron chi connectivity index (χ0n) is 16.4. The highest BCUT2D eigenvalue weighted by atomic mass is 19.4. The predicted molar refractivity (Wildman–Crippen MR) is 106 cm³/mol. The molecule has 164 valence electrons. The third kappa shape index (κ3) is 4.53. The minimum Gasteiger partial charge on any atom is -0.372 e. The first-order valence-corrected chi connectivity index (χ1v) is 9.44. The molecular formula is C21H20F3N3O4. The van der Waals surface area contributed by atoms with E-state index < -0.39 is 48.5 Å². The lowest BCUT2D eigenvalue weighted by molar-refractivity contribution is -0.160. The number of carbonyl (C=O) groups excluding carboxylic acids is 3. The first-order chi connectivity index (χ1) is 14.6. The van der Waals surface area contributed by atoms with Gasteiger partial charge in [0.1, 0.15) is 12.6 Å². The van der Waals surface area contributed by atoms with Crippen LogP contribution in [0.4, 0.5) is 18.9 Å². The summed E-state index contributed by atoms with van der Waals surface area (Å²) in [7, 11) is 0. The van der Waals surface area contributed by atoms with Gasteiger partial charge in [0.2, 0.25) is 5.60 Å². The molecule has 0 radical (unpaired) electrons. The van der Waals surface area contributed by atoms with Gasteiger partial charge in [0.15, 0.2) is 0 Å². The van der Waals surface area contributed by atoms with Crippen molar-refractivity contribution in [2.24, 2.45) is 0 Å². The number of amides is 3. The molecule has 1 heterocycles. The molecule has 3 amide bonds. The maximum atomic E-state index is 12.9. The molecule has 7 nitrogen and oxygen atoms in total. The van der Waals surface area contributed by atoms with Crippen LogP contribution in [0.3, 0.4) is 0 Å². The third-order valence-electron chi connectivity index (χ3n) is 5.00. The molecule has 1 unspecified atom stereocenters. The molecule has 2 aromatic rings. The van der Waals surface area contributed by atoms with Crippen molar-refractivity contribution in [1.29, 1.82) is 0 Å². The number of alkyl halides is 3. The van der Waals surface area contributed by atoms with Crippen LogP contribution in [0, 0.1) is 0 Å². The molecule has 10 heteroatoms. The lowest BCUT2D eigenvalue weighted by Gasteiger charge is -2.27. The molecule has 4 N–H and O–H groups in total. The molecule has 0 saturated heterocycles. The van der Waals surface area contributed by atoms with Crippen LogP contribution in [0.15, 0.2) is 48.5 Å². The van der Waals surface area contributed by atoms with Crippen molar-refractivity contribution in [1.82, 2.24) is 10.6 Å². The molecule has 2 aromatic carbocycles. The smallest absolute Gasteiger partial charge is 0.372 e. The number of nitrogens with one attached hydrogen (secondary N) is 3. The molecule has 0 aromatic heterocycles. The summed E-state index contributed by atoms with van der Waals surface area (Å²) in [6, 6.07) is 12.4. The lowest BCUT2D eigenvalue weighted by Crippen LogP contribution is -2.59. The maximum Gasteiger partial charge on any atom is 0.405 e. The topological polar surface area (TPSA) is 108 Å². The Morgan fingerprint density at radius 2 is 1.65 bits per heavy atom.